The number of aryl methyl sites for hydroxylation is 1. The fourth-order valence-electron chi connectivity index (χ4n) is 3.57. The van der Waals surface area contributed by atoms with Crippen molar-refractivity contribution < 1.29 is 17.6 Å². The molecule has 1 heterocycles. The number of sulfonamides is 1. The number of carbonyl (C=O) groups is 1. The first-order chi connectivity index (χ1) is 13.6. The Labute approximate surface area is 175 Å². The second kappa shape index (κ2) is 8.42. The van der Waals surface area contributed by atoms with E-state index >= 15 is 0 Å². The van der Waals surface area contributed by atoms with Crippen LogP contribution in [0.15, 0.2) is 47.4 Å². The van der Waals surface area contributed by atoms with E-state index in [0.29, 0.717) is 25.9 Å². The van der Waals surface area contributed by atoms with E-state index in [1.54, 1.807) is 6.92 Å². The first-order valence-electron chi connectivity index (χ1n) is 9.41. The lowest BCUT2D eigenvalue weighted by molar-refractivity contribution is -0.132. The Morgan fingerprint density at radius 2 is 2.00 bits per heavy atom. The molecule has 29 heavy (non-hydrogen) atoms. The third-order valence-corrected chi connectivity index (χ3v) is 7.57. The fourth-order valence-corrected chi connectivity index (χ4v) is 5.44. The molecule has 5 nitrogen and oxygen atoms in total. The van der Waals surface area contributed by atoms with Crippen LogP contribution in [0.4, 0.5) is 4.39 Å². The summed E-state index contributed by atoms with van der Waals surface area (Å²) < 4.78 is 40.7. The van der Waals surface area contributed by atoms with Crippen molar-refractivity contribution in [3.63, 3.8) is 0 Å². The number of halogens is 2. The molecule has 1 N–H and O–H groups in total. The van der Waals surface area contributed by atoms with Gasteiger partial charge in [0.2, 0.25) is 15.9 Å². The van der Waals surface area contributed by atoms with Gasteiger partial charge in [-0.25, -0.2) is 12.8 Å². The Morgan fingerprint density at radius 3 is 2.69 bits per heavy atom. The summed E-state index contributed by atoms with van der Waals surface area (Å²) in [5, 5.41) is 2.70. The van der Waals surface area contributed by atoms with Crippen molar-refractivity contribution in [2.45, 2.75) is 38.1 Å². The molecule has 8 heteroatoms. The molecule has 0 aliphatic carbocycles. The zero-order valence-corrected chi connectivity index (χ0v) is 18.0. The van der Waals surface area contributed by atoms with E-state index in [2.05, 4.69) is 5.32 Å². The lowest BCUT2D eigenvalue weighted by Crippen LogP contribution is -2.51. The molecule has 2 aromatic carbocycles. The van der Waals surface area contributed by atoms with Crippen LogP contribution in [0, 0.1) is 18.2 Å². The predicted octanol–water partition coefficient (Wildman–Crippen LogP) is 3.89. The number of carbonyl (C=O) groups excluding carboxylic acids is 1. The van der Waals surface area contributed by atoms with E-state index in [0.717, 1.165) is 23.3 Å². The van der Waals surface area contributed by atoms with Gasteiger partial charge in [0.1, 0.15) is 5.82 Å². The van der Waals surface area contributed by atoms with Gasteiger partial charge in [0, 0.05) is 19.6 Å². The van der Waals surface area contributed by atoms with Crippen LogP contribution in [0.25, 0.3) is 0 Å². The van der Waals surface area contributed by atoms with Gasteiger partial charge in [-0.05, 0) is 56.0 Å². The molecule has 3 rings (SSSR count). The number of hydrogen-bond acceptors (Lipinski definition) is 3. The SMILES string of the molecule is Cc1ccccc1CNC(=O)[C@]1(C)CCCN(S(=O)(=O)c2ccc(F)c(Cl)c2)C1. The van der Waals surface area contributed by atoms with E-state index in [9.17, 15) is 17.6 Å². The lowest BCUT2D eigenvalue weighted by atomic mass is 9.82. The van der Waals surface area contributed by atoms with E-state index < -0.39 is 21.3 Å². The molecule has 156 valence electrons. The highest BCUT2D eigenvalue weighted by Gasteiger charge is 2.41. The van der Waals surface area contributed by atoms with Crippen LogP contribution in [0.1, 0.15) is 30.9 Å². The second-order valence-electron chi connectivity index (χ2n) is 7.69. The maximum Gasteiger partial charge on any atom is 0.243 e. The molecule has 0 radical (unpaired) electrons. The smallest absolute Gasteiger partial charge is 0.243 e. The highest BCUT2D eigenvalue weighted by molar-refractivity contribution is 7.89. The average Bonchev–Trinajstić information content (AvgIpc) is 2.69. The van der Waals surface area contributed by atoms with Crippen LogP contribution in [-0.4, -0.2) is 31.7 Å². The minimum Gasteiger partial charge on any atom is -0.352 e. The first kappa shape index (κ1) is 21.7. The Balaban J connectivity index is 1.75. The Bertz CT molecular complexity index is 1030. The maximum atomic E-state index is 13.4. The number of nitrogens with one attached hydrogen (secondary N) is 1. The lowest BCUT2D eigenvalue weighted by Gasteiger charge is -2.38. The average molecular weight is 439 g/mol. The molecule has 1 aliphatic rings. The van der Waals surface area contributed by atoms with Gasteiger partial charge in [-0.3, -0.25) is 4.79 Å². The molecule has 1 aliphatic heterocycles. The zero-order chi connectivity index (χ0) is 21.2. The first-order valence-corrected chi connectivity index (χ1v) is 11.2. The van der Waals surface area contributed by atoms with Crippen molar-refractivity contribution in [3.05, 3.63) is 64.4 Å². The Morgan fingerprint density at radius 1 is 1.28 bits per heavy atom. The molecule has 0 aromatic heterocycles. The van der Waals surface area contributed by atoms with Gasteiger partial charge >= 0.3 is 0 Å². The minimum atomic E-state index is -3.88. The van der Waals surface area contributed by atoms with Crippen LogP contribution >= 0.6 is 11.6 Å². The quantitative estimate of drug-likeness (QED) is 0.770. The topological polar surface area (TPSA) is 66.5 Å². The van der Waals surface area contributed by atoms with Gasteiger partial charge in [0.15, 0.2) is 0 Å². The van der Waals surface area contributed by atoms with E-state index in [1.165, 1.54) is 10.4 Å². The summed E-state index contributed by atoms with van der Waals surface area (Å²) in [5.74, 6) is -0.859. The molecule has 0 saturated carbocycles. The molecular weight excluding hydrogens is 415 g/mol. The van der Waals surface area contributed by atoms with E-state index in [1.807, 2.05) is 31.2 Å². The van der Waals surface area contributed by atoms with Gasteiger partial charge in [-0.1, -0.05) is 35.9 Å². The summed E-state index contributed by atoms with van der Waals surface area (Å²) in [4.78, 5) is 12.8. The van der Waals surface area contributed by atoms with Crippen LogP contribution < -0.4 is 5.32 Å². The number of amides is 1. The Hall–Kier alpha value is -1.96. The van der Waals surface area contributed by atoms with Crippen molar-refractivity contribution in [2.24, 2.45) is 5.41 Å². The zero-order valence-electron chi connectivity index (χ0n) is 16.4. The van der Waals surface area contributed by atoms with Gasteiger partial charge in [0.05, 0.1) is 15.3 Å². The second-order valence-corrected chi connectivity index (χ2v) is 10.0. The van der Waals surface area contributed by atoms with Gasteiger partial charge in [0.25, 0.3) is 0 Å². The van der Waals surface area contributed by atoms with Gasteiger partial charge < -0.3 is 5.32 Å². The van der Waals surface area contributed by atoms with Crippen molar-refractivity contribution in [3.8, 4) is 0 Å². The highest BCUT2D eigenvalue weighted by atomic mass is 35.5. The summed E-state index contributed by atoms with van der Waals surface area (Å²) in [7, 11) is -3.88. The van der Waals surface area contributed by atoms with Gasteiger partial charge in [-0.2, -0.15) is 4.31 Å². The van der Waals surface area contributed by atoms with Crippen molar-refractivity contribution in [1.29, 1.82) is 0 Å². The predicted molar refractivity (Wildman–Crippen MR) is 111 cm³/mol. The van der Waals surface area contributed by atoms with Crippen LogP contribution in [0.5, 0.6) is 0 Å². The molecule has 0 bridgehead atoms. The standard InChI is InChI=1S/C21H24ClFN2O3S/c1-15-6-3-4-7-16(15)13-24-20(26)21(2)10-5-11-25(14-21)29(27,28)17-8-9-19(23)18(22)12-17/h3-4,6-9,12H,5,10-11,13-14H2,1-2H3,(H,24,26)/t21-/m1/s1. The third-order valence-electron chi connectivity index (χ3n) is 5.44. The van der Waals surface area contributed by atoms with Crippen molar-refractivity contribution in [1.82, 2.24) is 9.62 Å². The molecule has 1 amide bonds. The number of hydrogen-bond donors (Lipinski definition) is 1. The monoisotopic (exact) mass is 438 g/mol. The molecule has 0 unspecified atom stereocenters. The third kappa shape index (κ3) is 4.63. The number of benzene rings is 2. The van der Waals surface area contributed by atoms with Gasteiger partial charge in [-0.15, -0.1) is 0 Å². The molecule has 1 fully saturated rings. The van der Waals surface area contributed by atoms with E-state index in [-0.39, 0.29) is 22.4 Å². The summed E-state index contributed by atoms with van der Waals surface area (Å²) >= 11 is 5.76. The maximum absolute atomic E-state index is 13.4. The van der Waals surface area contributed by atoms with Crippen molar-refractivity contribution in [2.75, 3.05) is 13.1 Å². The molecule has 1 atom stereocenters. The molecule has 2 aromatic rings. The molecule has 1 saturated heterocycles. The van der Waals surface area contributed by atoms with Crippen molar-refractivity contribution >= 4 is 27.5 Å². The number of rotatable bonds is 5. The molecule has 0 spiro atoms. The van der Waals surface area contributed by atoms with E-state index in [4.69, 9.17) is 11.6 Å². The molecular formula is C21H24ClFN2O3S. The van der Waals surface area contributed by atoms with Crippen LogP contribution in [0.3, 0.4) is 0 Å². The largest absolute Gasteiger partial charge is 0.352 e. The van der Waals surface area contributed by atoms with Crippen LogP contribution in [0.2, 0.25) is 5.02 Å². The normalized spacial score (nSPS) is 20.4. The van der Waals surface area contributed by atoms with Crippen LogP contribution in [-0.2, 0) is 21.4 Å². The highest BCUT2D eigenvalue weighted by Crippen LogP contribution is 2.33. The number of nitrogens with zero attached hydrogens (tertiary/aromatic N) is 1. The fraction of sp³-hybridized carbons (Fsp3) is 0.381. The minimum absolute atomic E-state index is 0.0595. The summed E-state index contributed by atoms with van der Waals surface area (Å²) in [6.45, 7) is 4.51. The summed E-state index contributed by atoms with van der Waals surface area (Å²) in [6, 6.07) is 11.1. The number of piperidine rings is 1. The Kier molecular flexibility index (Phi) is 6.31. The summed E-state index contributed by atoms with van der Waals surface area (Å²) in [5.41, 5.74) is 1.25. The summed E-state index contributed by atoms with van der Waals surface area (Å²) in [6.07, 6.45) is 1.14.